The van der Waals surface area contributed by atoms with Crippen molar-refractivity contribution in [3.8, 4) is 0 Å². The van der Waals surface area contributed by atoms with Crippen LogP contribution >= 0.6 is 0 Å². The SMILES string of the molecule is COC(=O)c1n[nH]nc1C(=O)c1c(C)c(C)c(C)c(C)c1[N+](=O)[O-].[V]. The molecule has 0 aliphatic carbocycles. The molecule has 0 bridgehead atoms. The van der Waals surface area contributed by atoms with Crippen molar-refractivity contribution in [2.24, 2.45) is 0 Å². The second-order valence-electron chi connectivity index (χ2n) is 5.32. The van der Waals surface area contributed by atoms with Crippen LogP contribution in [-0.4, -0.2) is 39.2 Å². The first kappa shape index (κ1) is 20.5. The molecule has 0 fully saturated rings. The zero-order valence-corrected chi connectivity index (χ0v) is 15.7. The van der Waals surface area contributed by atoms with Gasteiger partial charge in [-0.15, -0.1) is 5.10 Å². The normalized spacial score (nSPS) is 10.1. The summed E-state index contributed by atoms with van der Waals surface area (Å²) in [5.74, 6) is -1.60. The van der Waals surface area contributed by atoms with Crippen molar-refractivity contribution in [1.82, 2.24) is 15.4 Å². The molecule has 0 spiro atoms. The third kappa shape index (κ3) is 3.33. The zero-order valence-electron chi connectivity index (χ0n) is 14.3. The van der Waals surface area contributed by atoms with Gasteiger partial charge in [0.05, 0.1) is 12.0 Å². The summed E-state index contributed by atoms with van der Waals surface area (Å²) in [6.07, 6.45) is 0. The number of rotatable bonds is 4. The number of aromatic nitrogens is 3. The summed E-state index contributed by atoms with van der Waals surface area (Å²) >= 11 is 0. The fraction of sp³-hybridized carbons (Fsp3) is 0.333. The third-order valence-corrected chi connectivity index (χ3v) is 4.21. The van der Waals surface area contributed by atoms with E-state index in [1.54, 1.807) is 27.7 Å². The Morgan fingerprint density at radius 2 is 1.52 bits per heavy atom. The summed E-state index contributed by atoms with van der Waals surface area (Å²) in [6, 6.07) is 0. The van der Waals surface area contributed by atoms with Gasteiger partial charge in [-0.05, 0) is 44.4 Å². The van der Waals surface area contributed by atoms with Crippen molar-refractivity contribution < 1.29 is 37.8 Å². The van der Waals surface area contributed by atoms with Crippen LogP contribution < -0.4 is 0 Å². The molecule has 0 atom stereocenters. The number of nitro benzene ring substituents is 1. The molecule has 0 saturated carbocycles. The summed E-state index contributed by atoms with van der Waals surface area (Å²) in [5, 5.41) is 21.0. The number of H-pyrrole nitrogens is 1. The van der Waals surface area contributed by atoms with Crippen molar-refractivity contribution in [1.29, 1.82) is 0 Å². The molecule has 131 valence electrons. The van der Waals surface area contributed by atoms with Crippen LogP contribution in [0.25, 0.3) is 0 Å². The number of esters is 1. The number of benzene rings is 1. The Bertz CT molecular complexity index is 875. The maximum Gasteiger partial charge on any atom is 0.361 e. The molecule has 25 heavy (non-hydrogen) atoms. The summed E-state index contributed by atoms with van der Waals surface area (Å²) in [6.45, 7) is 6.75. The molecule has 0 saturated heterocycles. The van der Waals surface area contributed by atoms with Crippen LogP contribution in [-0.2, 0) is 23.3 Å². The number of methoxy groups -OCH3 is 1. The Labute approximate surface area is 155 Å². The molecular weight excluding hydrogens is 367 g/mol. The Morgan fingerprint density at radius 1 is 1.00 bits per heavy atom. The van der Waals surface area contributed by atoms with E-state index in [2.05, 4.69) is 20.1 Å². The Morgan fingerprint density at radius 3 is 2.04 bits per heavy atom. The number of nitro groups is 1. The quantitative estimate of drug-likeness (QED) is 0.370. The van der Waals surface area contributed by atoms with Gasteiger partial charge in [0.1, 0.15) is 5.56 Å². The van der Waals surface area contributed by atoms with E-state index in [1.807, 2.05) is 0 Å². The number of carbonyl (C=O) groups is 2. The van der Waals surface area contributed by atoms with E-state index in [4.69, 9.17) is 0 Å². The Hall–Kier alpha value is -2.52. The summed E-state index contributed by atoms with van der Waals surface area (Å²) in [7, 11) is 1.14. The van der Waals surface area contributed by atoms with Gasteiger partial charge in [0.25, 0.3) is 5.69 Å². The van der Waals surface area contributed by atoms with E-state index >= 15 is 0 Å². The monoisotopic (exact) mass is 383 g/mol. The zero-order chi connectivity index (χ0) is 18.2. The molecule has 0 aliphatic heterocycles. The number of hydrogen-bond acceptors (Lipinski definition) is 7. The van der Waals surface area contributed by atoms with Crippen LogP contribution in [0.5, 0.6) is 0 Å². The number of ketones is 1. The predicted molar refractivity (Wildman–Crippen MR) is 83.2 cm³/mol. The summed E-state index contributed by atoms with van der Waals surface area (Å²) < 4.78 is 4.55. The predicted octanol–water partition coefficient (Wildman–Crippen LogP) is 1.96. The van der Waals surface area contributed by atoms with E-state index in [0.717, 1.165) is 18.2 Å². The average molecular weight is 383 g/mol. The number of nitrogens with zero attached hydrogens (tertiary/aromatic N) is 3. The first-order chi connectivity index (χ1) is 11.2. The van der Waals surface area contributed by atoms with E-state index in [0.29, 0.717) is 11.1 Å². The smallest absolute Gasteiger partial charge is 0.361 e. The molecule has 1 aromatic heterocycles. The van der Waals surface area contributed by atoms with Gasteiger partial charge in [-0.2, -0.15) is 10.3 Å². The standard InChI is InChI=1S/C15H16N4O5.V/c1-6-7(2)9(4)13(19(22)23)10(8(6)3)14(20)11-12(15(21)24-5)17-18-16-11;/h1-5H3,(H,16,17,18);. The van der Waals surface area contributed by atoms with Gasteiger partial charge in [-0.3, -0.25) is 14.9 Å². The second kappa shape index (κ2) is 7.58. The minimum Gasteiger partial charge on any atom is -0.464 e. The molecule has 0 amide bonds. The molecular formula is C15H16N4O5V. The molecule has 1 aromatic carbocycles. The molecule has 2 rings (SSSR count). The van der Waals surface area contributed by atoms with Crippen molar-refractivity contribution in [3.63, 3.8) is 0 Å². The first-order valence-electron chi connectivity index (χ1n) is 7.00. The van der Waals surface area contributed by atoms with Gasteiger partial charge >= 0.3 is 5.97 Å². The van der Waals surface area contributed by atoms with Gasteiger partial charge < -0.3 is 4.74 Å². The van der Waals surface area contributed by atoms with Crippen LogP contribution in [0.1, 0.15) is 48.8 Å². The number of carbonyl (C=O) groups excluding carboxylic acids is 2. The average Bonchev–Trinajstić information content (AvgIpc) is 3.03. The topological polar surface area (TPSA) is 128 Å². The largest absolute Gasteiger partial charge is 0.464 e. The van der Waals surface area contributed by atoms with Crippen molar-refractivity contribution in [2.75, 3.05) is 7.11 Å². The van der Waals surface area contributed by atoms with Crippen molar-refractivity contribution >= 4 is 17.4 Å². The summed E-state index contributed by atoms with van der Waals surface area (Å²) in [5.41, 5.74) is 1.36. The van der Waals surface area contributed by atoms with Crippen molar-refractivity contribution in [3.05, 3.63) is 49.3 Å². The van der Waals surface area contributed by atoms with Crippen molar-refractivity contribution in [2.45, 2.75) is 27.7 Å². The number of nitrogens with one attached hydrogen (secondary N) is 1. The number of aromatic amines is 1. The molecule has 9 nitrogen and oxygen atoms in total. The van der Waals surface area contributed by atoms with E-state index in [1.165, 1.54) is 0 Å². The molecule has 2 aromatic rings. The molecule has 10 heteroatoms. The molecule has 0 aliphatic rings. The van der Waals surface area contributed by atoms with Gasteiger partial charge in [0.2, 0.25) is 11.5 Å². The van der Waals surface area contributed by atoms with Crippen LogP contribution in [0.15, 0.2) is 0 Å². The maximum absolute atomic E-state index is 12.9. The minimum atomic E-state index is -0.854. The number of ether oxygens (including phenoxy) is 1. The Balaban J connectivity index is 0.00000312. The molecule has 1 N–H and O–H groups in total. The van der Waals surface area contributed by atoms with Crippen LogP contribution in [0.3, 0.4) is 0 Å². The first-order valence-corrected chi connectivity index (χ1v) is 7.00. The van der Waals surface area contributed by atoms with Crippen LogP contribution in [0.2, 0.25) is 0 Å². The Kier molecular flexibility index (Phi) is 6.23. The number of hydrogen-bond donors (Lipinski definition) is 1. The fourth-order valence-corrected chi connectivity index (χ4v) is 2.55. The van der Waals surface area contributed by atoms with Gasteiger partial charge in [-0.25, -0.2) is 4.79 Å². The van der Waals surface area contributed by atoms with E-state index in [9.17, 15) is 19.7 Å². The second-order valence-corrected chi connectivity index (χ2v) is 5.32. The third-order valence-electron chi connectivity index (χ3n) is 4.21. The molecule has 1 heterocycles. The van der Waals surface area contributed by atoms with E-state index in [-0.39, 0.29) is 41.2 Å². The van der Waals surface area contributed by atoms with E-state index < -0.39 is 16.7 Å². The minimum absolute atomic E-state index is 0. The van der Waals surface area contributed by atoms with Gasteiger partial charge in [-0.1, -0.05) is 0 Å². The summed E-state index contributed by atoms with van der Waals surface area (Å²) in [4.78, 5) is 35.5. The molecule has 1 radical (unpaired) electrons. The van der Waals surface area contributed by atoms with Gasteiger partial charge in [0.15, 0.2) is 5.69 Å². The van der Waals surface area contributed by atoms with Crippen LogP contribution in [0.4, 0.5) is 5.69 Å². The van der Waals surface area contributed by atoms with Crippen LogP contribution in [0, 0.1) is 37.8 Å². The maximum atomic E-state index is 12.9. The fourth-order valence-electron chi connectivity index (χ4n) is 2.55. The molecule has 0 unspecified atom stereocenters. The van der Waals surface area contributed by atoms with Gasteiger partial charge in [0, 0.05) is 24.1 Å².